The Hall–Kier alpha value is -0.0900. The second-order valence-corrected chi connectivity index (χ2v) is 4.16. The van der Waals surface area contributed by atoms with Gasteiger partial charge in [0.1, 0.15) is 0 Å². The van der Waals surface area contributed by atoms with Crippen molar-refractivity contribution in [1.82, 2.24) is 4.90 Å². The molecule has 1 atom stereocenters. The molecule has 1 heterocycles. The maximum atomic E-state index is 10.3. The first-order valence-corrected chi connectivity index (χ1v) is 4.68. The highest BCUT2D eigenvalue weighted by Crippen LogP contribution is 2.15. The largest absolute Gasteiger partial charge is 0.480 e. The second kappa shape index (κ2) is 4.07. The number of hydrogen-bond donors (Lipinski definition) is 1. The molecule has 1 aliphatic heterocycles. The fourth-order valence-corrected chi connectivity index (χ4v) is 2.07. The monoisotopic (exact) mass is 221 g/mol. The summed E-state index contributed by atoms with van der Waals surface area (Å²) in [7, 11) is 0. The van der Waals surface area contributed by atoms with E-state index in [1.54, 1.807) is 0 Å². The molecule has 0 bridgehead atoms. The van der Waals surface area contributed by atoms with Crippen LogP contribution in [0.15, 0.2) is 0 Å². The van der Waals surface area contributed by atoms with E-state index in [0.717, 1.165) is 25.9 Å². The lowest BCUT2D eigenvalue weighted by atomic mass is 10.1. The van der Waals surface area contributed by atoms with E-state index in [-0.39, 0.29) is 6.54 Å². The average molecular weight is 222 g/mol. The van der Waals surface area contributed by atoms with Crippen molar-refractivity contribution in [2.45, 2.75) is 17.7 Å². The van der Waals surface area contributed by atoms with Gasteiger partial charge in [0.25, 0.3) is 0 Å². The second-order valence-electron chi connectivity index (χ2n) is 2.87. The van der Waals surface area contributed by atoms with E-state index in [1.165, 1.54) is 0 Å². The molecule has 0 aromatic heterocycles. The van der Waals surface area contributed by atoms with Gasteiger partial charge in [0, 0.05) is 11.4 Å². The molecule has 1 fully saturated rings. The van der Waals surface area contributed by atoms with Crippen molar-refractivity contribution in [2.24, 2.45) is 0 Å². The fourth-order valence-electron chi connectivity index (χ4n) is 1.33. The first-order valence-electron chi connectivity index (χ1n) is 3.76. The number of aliphatic carboxylic acids is 1. The van der Waals surface area contributed by atoms with Crippen LogP contribution in [0.3, 0.4) is 0 Å². The van der Waals surface area contributed by atoms with Crippen LogP contribution in [0, 0.1) is 0 Å². The van der Waals surface area contributed by atoms with Crippen LogP contribution in [0.2, 0.25) is 0 Å². The Morgan fingerprint density at radius 2 is 2.45 bits per heavy atom. The van der Waals surface area contributed by atoms with E-state index < -0.39 is 5.97 Å². The molecular formula is C7H12BrNO2. The Morgan fingerprint density at radius 1 is 1.73 bits per heavy atom. The summed E-state index contributed by atoms with van der Waals surface area (Å²) < 4.78 is 0. The van der Waals surface area contributed by atoms with E-state index in [2.05, 4.69) is 15.9 Å². The lowest BCUT2D eigenvalue weighted by molar-refractivity contribution is -0.138. The van der Waals surface area contributed by atoms with Crippen molar-refractivity contribution in [2.75, 3.05) is 19.6 Å². The maximum Gasteiger partial charge on any atom is 0.317 e. The first kappa shape index (κ1) is 9.00. The molecule has 11 heavy (non-hydrogen) atoms. The molecule has 1 unspecified atom stereocenters. The molecule has 0 amide bonds. The Bertz CT molecular complexity index is 151. The van der Waals surface area contributed by atoms with Crippen molar-refractivity contribution < 1.29 is 9.90 Å². The number of piperidine rings is 1. The van der Waals surface area contributed by atoms with Gasteiger partial charge in [-0.2, -0.15) is 0 Å². The fraction of sp³-hybridized carbons (Fsp3) is 0.857. The van der Waals surface area contributed by atoms with Gasteiger partial charge in [-0.05, 0) is 19.4 Å². The van der Waals surface area contributed by atoms with Crippen molar-refractivity contribution in [3.8, 4) is 0 Å². The van der Waals surface area contributed by atoms with Crippen molar-refractivity contribution >= 4 is 21.9 Å². The number of halogens is 1. The molecular weight excluding hydrogens is 210 g/mol. The van der Waals surface area contributed by atoms with Gasteiger partial charge < -0.3 is 5.11 Å². The number of likely N-dealkylation sites (tertiary alicyclic amines) is 1. The average Bonchev–Trinajstić information content (AvgIpc) is 1.85. The molecule has 0 radical (unpaired) electrons. The van der Waals surface area contributed by atoms with Gasteiger partial charge in [-0.25, -0.2) is 0 Å². The van der Waals surface area contributed by atoms with Gasteiger partial charge in [0.15, 0.2) is 0 Å². The summed E-state index contributed by atoms with van der Waals surface area (Å²) in [5.74, 6) is -0.730. The zero-order valence-corrected chi connectivity index (χ0v) is 7.88. The number of nitrogens with zero attached hydrogens (tertiary/aromatic N) is 1. The lowest BCUT2D eigenvalue weighted by Crippen LogP contribution is -2.38. The Morgan fingerprint density at radius 3 is 3.00 bits per heavy atom. The summed E-state index contributed by atoms with van der Waals surface area (Å²) in [5, 5.41) is 8.50. The highest BCUT2D eigenvalue weighted by molar-refractivity contribution is 9.09. The van der Waals surface area contributed by atoms with E-state index in [1.807, 2.05) is 4.90 Å². The van der Waals surface area contributed by atoms with Crippen LogP contribution in [0.4, 0.5) is 0 Å². The van der Waals surface area contributed by atoms with E-state index in [4.69, 9.17) is 5.11 Å². The minimum Gasteiger partial charge on any atom is -0.480 e. The normalized spacial score (nSPS) is 26.8. The molecule has 1 rings (SSSR count). The van der Waals surface area contributed by atoms with Gasteiger partial charge in [-0.1, -0.05) is 15.9 Å². The molecule has 1 aliphatic rings. The minimum absolute atomic E-state index is 0.183. The molecule has 1 N–H and O–H groups in total. The Labute approximate surface area is 74.5 Å². The summed E-state index contributed by atoms with van der Waals surface area (Å²) in [6.45, 7) is 1.98. The SMILES string of the molecule is O=C(O)CN1CCCC(Br)C1. The number of alkyl halides is 1. The van der Waals surface area contributed by atoms with Gasteiger partial charge in [-0.3, -0.25) is 9.69 Å². The van der Waals surface area contributed by atoms with E-state index >= 15 is 0 Å². The molecule has 0 spiro atoms. The molecule has 0 aromatic rings. The third-order valence-electron chi connectivity index (χ3n) is 1.81. The molecule has 64 valence electrons. The van der Waals surface area contributed by atoms with Crippen LogP contribution in [-0.4, -0.2) is 40.4 Å². The van der Waals surface area contributed by atoms with Crippen LogP contribution < -0.4 is 0 Å². The smallest absolute Gasteiger partial charge is 0.317 e. The summed E-state index contributed by atoms with van der Waals surface area (Å²) in [6, 6.07) is 0. The number of carboxylic acid groups (broad SMARTS) is 1. The highest BCUT2D eigenvalue weighted by atomic mass is 79.9. The number of hydrogen-bond acceptors (Lipinski definition) is 2. The molecule has 0 saturated carbocycles. The third kappa shape index (κ3) is 3.20. The van der Waals surface area contributed by atoms with Gasteiger partial charge in [0.05, 0.1) is 6.54 Å². The highest BCUT2D eigenvalue weighted by Gasteiger charge is 2.18. The minimum atomic E-state index is -0.730. The molecule has 1 saturated heterocycles. The van der Waals surface area contributed by atoms with Crippen molar-refractivity contribution in [1.29, 1.82) is 0 Å². The quantitative estimate of drug-likeness (QED) is 0.706. The summed E-state index contributed by atoms with van der Waals surface area (Å²) >= 11 is 3.48. The predicted octanol–water partition coefficient (Wildman–Crippen LogP) is 0.930. The summed E-state index contributed by atoms with van der Waals surface area (Å²) in [4.78, 5) is 12.8. The topological polar surface area (TPSA) is 40.5 Å². The standard InChI is InChI=1S/C7H12BrNO2/c8-6-2-1-3-9(4-6)5-7(10)11/h6H,1-5H2,(H,10,11). The molecule has 0 aliphatic carbocycles. The van der Waals surface area contributed by atoms with Crippen LogP contribution in [0.25, 0.3) is 0 Å². The number of carboxylic acids is 1. The summed E-state index contributed by atoms with van der Waals surface area (Å²) in [5.41, 5.74) is 0. The number of rotatable bonds is 2. The van der Waals surface area contributed by atoms with Gasteiger partial charge in [0.2, 0.25) is 0 Å². The van der Waals surface area contributed by atoms with Crippen LogP contribution >= 0.6 is 15.9 Å². The Balaban J connectivity index is 2.28. The van der Waals surface area contributed by atoms with Crippen LogP contribution in [-0.2, 0) is 4.79 Å². The molecule has 4 heteroatoms. The Kier molecular flexibility index (Phi) is 3.33. The third-order valence-corrected chi connectivity index (χ3v) is 2.55. The van der Waals surface area contributed by atoms with Crippen molar-refractivity contribution in [3.63, 3.8) is 0 Å². The molecule has 0 aromatic carbocycles. The number of carbonyl (C=O) groups is 1. The van der Waals surface area contributed by atoms with Gasteiger partial charge in [-0.15, -0.1) is 0 Å². The predicted molar refractivity (Wildman–Crippen MR) is 46.0 cm³/mol. The van der Waals surface area contributed by atoms with E-state index in [0.29, 0.717) is 4.83 Å². The lowest BCUT2D eigenvalue weighted by Gasteiger charge is -2.28. The van der Waals surface area contributed by atoms with Crippen molar-refractivity contribution in [3.05, 3.63) is 0 Å². The first-order chi connectivity index (χ1) is 5.18. The van der Waals surface area contributed by atoms with Crippen LogP contribution in [0.1, 0.15) is 12.8 Å². The zero-order valence-electron chi connectivity index (χ0n) is 6.29. The molecule has 3 nitrogen and oxygen atoms in total. The van der Waals surface area contributed by atoms with E-state index in [9.17, 15) is 4.79 Å². The maximum absolute atomic E-state index is 10.3. The zero-order chi connectivity index (χ0) is 8.27. The summed E-state index contributed by atoms with van der Waals surface area (Å²) in [6.07, 6.45) is 2.26. The van der Waals surface area contributed by atoms with Gasteiger partial charge >= 0.3 is 5.97 Å². The van der Waals surface area contributed by atoms with Crippen LogP contribution in [0.5, 0.6) is 0 Å².